The van der Waals surface area contributed by atoms with Crippen molar-refractivity contribution in [2.24, 2.45) is 0 Å². The minimum atomic E-state index is -0.0824. The van der Waals surface area contributed by atoms with Crippen LogP contribution in [0.1, 0.15) is 33.7 Å². The topological polar surface area (TPSA) is 56.1 Å². The molecule has 6 heteroatoms. The summed E-state index contributed by atoms with van der Waals surface area (Å²) in [4.78, 5) is 17.3. The van der Waals surface area contributed by atoms with Gasteiger partial charge in [0, 0.05) is 29.5 Å². The molecule has 1 N–H and O–H groups in total. The molecule has 0 aliphatic carbocycles. The molecule has 3 aromatic carbocycles. The summed E-state index contributed by atoms with van der Waals surface area (Å²) in [6.45, 7) is 6.11. The van der Waals surface area contributed by atoms with E-state index in [0.29, 0.717) is 25.1 Å². The van der Waals surface area contributed by atoms with Crippen molar-refractivity contribution in [1.82, 2.24) is 14.9 Å². The molecule has 33 heavy (non-hydrogen) atoms. The summed E-state index contributed by atoms with van der Waals surface area (Å²) in [6.07, 6.45) is 1.53. The Hall–Kier alpha value is -3.12. The Morgan fingerprint density at radius 2 is 1.79 bits per heavy atom. The number of hydrogen-bond acceptors (Lipinski definition) is 3. The average molecular weight is 506 g/mol. The van der Waals surface area contributed by atoms with E-state index in [1.165, 1.54) is 0 Å². The number of fused-ring (bicyclic) bond motifs is 1. The van der Waals surface area contributed by atoms with Gasteiger partial charge < -0.3 is 14.6 Å². The zero-order chi connectivity index (χ0) is 23.2. The molecule has 1 amide bonds. The number of amides is 1. The fraction of sp³-hybridized carbons (Fsp3) is 0.259. The molecule has 0 bridgehead atoms. The van der Waals surface area contributed by atoms with Crippen LogP contribution in [0.15, 0.2) is 71.2 Å². The van der Waals surface area contributed by atoms with Gasteiger partial charge in [-0.15, -0.1) is 0 Å². The molecule has 5 nitrogen and oxygen atoms in total. The van der Waals surface area contributed by atoms with E-state index in [-0.39, 0.29) is 5.91 Å². The normalized spacial score (nSPS) is 11.0. The van der Waals surface area contributed by atoms with E-state index in [9.17, 15) is 4.79 Å². The highest BCUT2D eigenvalue weighted by Gasteiger charge is 2.12. The number of halogens is 1. The van der Waals surface area contributed by atoms with E-state index in [0.717, 1.165) is 51.2 Å². The van der Waals surface area contributed by atoms with Gasteiger partial charge in [0.1, 0.15) is 11.6 Å². The molecule has 170 valence electrons. The number of aryl methyl sites for hydroxylation is 3. The number of para-hydroxylation sites is 3. The van der Waals surface area contributed by atoms with Crippen molar-refractivity contribution < 1.29 is 9.53 Å². The molecular weight excluding hydrogens is 478 g/mol. The van der Waals surface area contributed by atoms with Gasteiger partial charge in [-0.3, -0.25) is 4.79 Å². The maximum absolute atomic E-state index is 12.5. The Kier molecular flexibility index (Phi) is 7.45. The van der Waals surface area contributed by atoms with Gasteiger partial charge in [-0.05, 0) is 61.7 Å². The van der Waals surface area contributed by atoms with E-state index in [4.69, 9.17) is 9.72 Å². The van der Waals surface area contributed by atoms with Crippen LogP contribution in [-0.2, 0) is 13.0 Å². The van der Waals surface area contributed by atoms with Crippen molar-refractivity contribution in [1.29, 1.82) is 0 Å². The zero-order valence-electron chi connectivity index (χ0n) is 19.0. The number of carbonyl (C=O) groups excluding carboxylic acids is 1. The van der Waals surface area contributed by atoms with Gasteiger partial charge in [0.25, 0.3) is 5.91 Å². The van der Waals surface area contributed by atoms with Crippen LogP contribution in [0.25, 0.3) is 11.0 Å². The summed E-state index contributed by atoms with van der Waals surface area (Å²) < 4.78 is 9.23. The van der Waals surface area contributed by atoms with Crippen molar-refractivity contribution >= 4 is 32.9 Å². The Morgan fingerprint density at radius 3 is 2.58 bits per heavy atom. The first-order valence-electron chi connectivity index (χ1n) is 11.2. The molecule has 1 aromatic heterocycles. The predicted molar refractivity (Wildman–Crippen MR) is 136 cm³/mol. The van der Waals surface area contributed by atoms with Crippen molar-refractivity contribution in [2.45, 2.75) is 33.2 Å². The number of nitrogens with zero attached hydrogens (tertiary/aromatic N) is 2. The molecule has 0 aliphatic heterocycles. The standard InChI is InChI=1S/C27H28BrN3O2/c1-19-8-5-9-20(2)26(19)33-17-7-16-31-24-13-4-3-12-23(24)30-25(31)14-15-29-27(32)21-10-6-11-22(28)18-21/h3-6,8-13,18H,7,14-17H2,1-2H3,(H,29,32). The first kappa shape index (κ1) is 23.1. The summed E-state index contributed by atoms with van der Waals surface area (Å²) in [5.74, 6) is 1.86. The minimum absolute atomic E-state index is 0.0824. The van der Waals surface area contributed by atoms with Gasteiger partial charge >= 0.3 is 0 Å². The van der Waals surface area contributed by atoms with Crippen LogP contribution in [-0.4, -0.2) is 28.6 Å². The lowest BCUT2D eigenvalue weighted by Crippen LogP contribution is -2.26. The van der Waals surface area contributed by atoms with E-state index >= 15 is 0 Å². The van der Waals surface area contributed by atoms with Crippen LogP contribution in [0.2, 0.25) is 0 Å². The second-order valence-corrected chi connectivity index (χ2v) is 9.02. The molecule has 0 saturated heterocycles. The molecule has 0 radical (unpaired) electrons. The highest BCUT2D eigenvalue weighted by Crippen LogP contribution is 2.23. The summed E-state index contributed by atoms with van der Waals surface area (Å²) in [7, 11) is 0. The van der Waals surface area contributed by atoms with E-state index < -0.39 is 0 Å². The van der Waals surface area contributed by atoms with Crippen LogP contribution < -0.4 is 10.1 Å². The third kappa shape index (κ3) is 5.63. The number of carbonyl (C=O) groups is 1. The summed E-state index contributed by atoms with van der Waals surface area (Å²) in [5, 5.41) is 3.01. The summed E-state index contributed by atoms with van der Waals surface area (Å²) in [6, 6.07) is 21.8. The fourth-order valence-corrected chi connectivity index (χ4v) is 4.41. The number of aromatic nitrogens is 2. The lowest BCUT2D eigenvalue weighted by Gasteiger charge is -2.13. The Bertz CT molecular complexity index is 1250. The maximum atomic E-state index is 12.5. The lowest BCUT2D eigenvalue weighted by molar-refractivity contribution is 0.0954. The number of hydrogen-bond donors (Lipinski definition) is 1. The predicted octanol–water partition coefficient (Wildman–Crippen LogP) is 5.86. The van der Waals surface area contributed by atoms with Crippen LogP contribution in [0.4, 0.5) is 0 Å². The SMILES string of the molecule is Cc1cccc(C)c1OCCCn1c(CCNC(=O)c2cccc(Br)c2)nc2ccccc21. The first-order chi connectivity index (χ1) is 16.0. The maximum Gasteiger partial charge on any atom is 0.251 e. The quantitative estimate of drug-likeness (QED) is 0.290. The van der Waals surface area contributed by atoms with Gasteiger partial charge in [0.15, 0.2) is 0 Å². The zero-order valence-corrected chi connectivity index (χ0v) is 20.6. The third-order valence-corrected chi connectivity index (χ3v) is 6.13. The molecule has 0 saturated carbocycles. The molecule has 4 rings (SSSR count). The second kappa shape index (κ2) is 10.7. The molecule has 0 fully saturated rings. The van der Waals surface area contributed by atoms with E-state index in [1.807, 2.05) is 42.5 Å². The lowest BCUT2D eigenvalue weighted by atomic mass is 10.1. The van der Waals surface area contributed by atoms with Crippen LogP contribution in [0.3, 0.4) is 0 Å². The number of rotatable bonds is 9. The Morgan fingerprint density at radius 1 is 1.03 bits per heavy atom. The Labute approximate surface area is 202 Å². The van der Waals surface area contributed by atoms with Gasteiger partial charge in [-0.2, -0.15) is 0 Å². The molecule has 1 heterocycles. The molecule has 0 spiro atoms. The first-order valence-corrected chi connectivity index (χ1v) is 12.0. The van der Waals surface area contributed by atoms with Crippen molar-refractivity contribution in [3.63, 3.8) is 0 Å². The smallest absolute Gasteiger partial charge is 0.251 e. The van der Waals surface area contributed by atoms with Crippen molar-refractivity contribution in [2.75, 3.05) is 13.2 Å². The van der Waals surface area contributed by atoms with Crippen LogP contribution in [0.5, 0.6) is 5.75 Å². The summed E-state index contributed by atoms with van der Waals surface area (Å²) >= 11 is 3.41. The van der Waals surface area contributed by atoms with Gasteiger partial charge in [0.2, 0.25) is 0 Å². The largest absolute Gasteiger partial charge is 0.493 e. The van der Waals surface area contributed by atoms with Gasteiger partial charge in [-0.25, -0.2) is 4.98 Å². The molecular formula is C27H28BrN3O2. The van der Waals surface area contributed by atoms with E-state index in [2.05, 4.69) is 63.9 Å². The third-order valence-electron chi connectivity index (χ3n) is 5.64. The molecule has 0 unspecified atom stereocenters. The number of benzene rings is 3. The molecule has 4 aromatic rings. The molecule has 0 aliphatic rings. The van der Waals surface area contributed by atoms with Crippen LogP contribution in [0, 0.1) is 13.8 Å². The Balaban J connectivity index is 1.39. The average Bonchev–Trinajstić information content (AvgIpc) is 3.15. The summed E-state index contributed by atoms with van der Waals surface area (Å²) in [5.41, 5.74) is 5.04. The monoisotopic (exact) mass is 505 g/mol. The van der Waals surface area contributed by atoms with Crippen molar-refractivity contribution in [3.05, 3.63) is 93.7 Å². The van der Waals surface area contributed by atoms with Gasteiger partial charge in [0.05, 0.1) is 17.6 Å². The highest BCUT2D eigenvalue weighted by atomic mass is 79.9. The minimum Gasteiger partial charge on any atom is -0.493 e. The number of nitrogens with one attached hydrogen (secondary N) is 1. The van der Waals surface area contributed by atoms with Crippen molar-refractivity contribution in [3.8, 4) is 5.75 Å². The van der Waals surface area contributed by atoms with Gasteiger partial charge in [-0.1, -0.05) is 52.3 Å². The van der Waals surface area contributed by atoms with E-state index in [1.54, 1.807) is 0 Å². The number of imidazole rings is 1. The molecule has 0 atom stereocenters. The highest BCUT2D eigenvalue weighted by molar-refractivity contribution is 9.10. The second-order valence-electron chi connectivity index (χ2n) is 8.11. The number of ether oxygens (including phenoxy) is 1. The fourth-order valence-electron chi connectivity index (χ4n) is 4.01. The van der Waals surface area contributed by atoms with Crippen LogP contribution >= 0.6 is 15.9 Å².